The number of guanidine groups is 1. The second kappa shape index (κ2) is 10.9. The molecule has 3 aromatic rings. The third-order valence-corrected chi connectivity index (χ3v) is 5.20. The van der Waals surface area contributed by atoms with Gasteiger partial charge in [0.05, 0.1) is 10.7 Å². The van der Waals surface area contributed by atoms with Gasteiger partial charge in [-0.2, -0.15) is 0 Å². The van der Waals surface area contributed by atoms with Crippen LogP contribution < -0.4 is 16.0 Å². The second-order valence-electron chi connectivity index (χ2n) is 7.26. The number of halogens is 1. The molecule has 2 aromatic carbocycles. The fourth-order valence-corrected chi connectivity index (χ4v) is 3.34. The quantitative estimate of drug-likeness (QED) is 0.243. The van der Waals surface area contributed by atoms with Gasteiger partial charge in [-0.3, -0.25) is 10.3 Å². The lowest BCUT2D eigenvalue weighted by Gasteiger charge is -2.15. The number of nitrogens with one attached hydrogen (secondary N) is 3. The number of phenolic OH excluding ortho intramolecular Hbond substituents is 1. The molecular formula is C23H25ClN6OS. The lowest BCUT2D eigenvalue weighted by molar-refractivity contribution is 0.475. The number of hydrogen-bond acceptors (Lipinski definition) is 5. The Bertz CT molecular complexity index is 1110. The van der Waals surface area contributed by atoms with Gasteiger partial charge in [0.25, 0.3) is 0 Å². The highest BCUT2D eigenvalue weighted by atomic mass is 35.5. The Morgan fingerprint density at radius 1 is 1.03 bits per heavy atom. The largest absolute Gasteiger partial charge is 0.508 e. The van der Waals surface area contributed by atoms with Crippen LogP contribution in [-0.2, 0) is 6.42 Å². The van der Waals surface area contributed by atoms with Crippen molar-refractivity contribution < 1.29 is 5.11 Å². The first-order chi connectivity index (χ1) is 15.3. The molecule has 0 unspecified atom stereocenters. The summed E-state index contributed by atoms with van der Waals surface area (Å²) in [5, 5.41) is 19.7. The predicted octanol–water partition coefficient (Wildman–Crippen LogP) is 4.76. The number of hydrogen-bond donors (Lipinski definition) is 4. The summed E-state index contributed by atoms with van der Waals surface area (Å²) in [5.41, 5.74) is 4.39. The van der Waals surface area contributed by atoms with E-state index in [1.807, 2.05) is 57.2 Å². The standard InChI is InChI=1S/C23H25ClN6OS/c1-14-5-4-6-19(20(14)24)28-23(32)30-21(29-22-26-15(2)13-16(3)27-22)25-12-11-17-7-9-18(31)10-8-17/h4-10,13,31H,11-12H2,1-3H3,(H3,25,26,27,28,29,30,32). The Kier molecular flexibility index (Phi) is 7.97. The molecule has 0 saturated carbocycles. The summed E-state index contributed by atoms with van der Waals surface area (Å²) in [7, 11) is 0. The van der Waals surface area contributed by atoms with Crippen LogP contribution in [0.2, 0.25) is 5.02 Å². The van der Waals surface area contributed by atoms with Crippen LogP contribution in [0.25, 0.3) is 0 Å². The Morgan fingerprint density at radius 2 is 1.72 bits per heavy atom. The topological polar surface area (TPSA) is 94.5 Å². The number of phenols is 1. The third-order valence-electron chi connectivity index (χ3n) is 4.49. The van der Waals surface area contributed by atoms with Crippen LogP contribution in [0.4, 0.5) is 11.6 Å². The van der Waals surface area contributed by atoms with Gasteiger partial charge in [-0.05, 0) is 74.8 Å². The van der Waals surface area contributed by atoms with Crippen LogP contribution in [0.15, 0.2) is 53.5 Å². The first-order valence-corrected chi connectivity index (χ1v) is 10.8. The average molecular weight is 469 g/mol. The third kappa shape index (κ3) is 6.90. The van der Waals surface area contributed by atoms with Gasteiger partial charge in [-0.25, -0.2) is 9.97 Å². The minimum absolute atomic E-state index is 0.236. The highest BCUT2D eigenvalue weighted by Gasteiger charge is 2.09. The molecule has 32 heavy (non-hydrogen) atoms. The second-order valence-corrected chi connectivity index (χ2v) is 8.05. The van der Waals surface area contributed by atoms with Crippen LogP contribution in [0.3, 0.4) is 0 Å². The smallest absolute Gasteiger partial charge is 0.229 e. The Morgan fingerprint density at radius 3 is 2.41 bits per heavy atom. The van der Waals surface area contributed by atoms with E-state index in [-0.39, 0.29) is 5.75 Å². The van der Waals surface area contributed by atoms with Crippen molar-refractivity contribution in [2.24, 2.45) is 4.99 Å². The maximum atomic E-state index is 9.44. The predicted molar refractivity (Wildman–Crippen MR) is 135 cm³/mol. The van der Waals surface area contributed by atoms with Gasteiger partial charge < -0.3 is 15.7 Å². The molecule has 7 nitrogen and oxygen atoms in total. The van der Waals surface area contributed by atoms with Crippen LogP contribution in [0.1, 0.15) is 22.5 Å². The van der Waals surface area contributed by atoms with E-state index in [1.54, 1.807) is 12.1 Å². The number of nitrogens with zero attached hydrogens (tertiary/aromatic N) is 3. The molecule has 0 bridgehead atoms. The first kappa shape index (κ1) is 23.4. The van der Waals surface area contributed by atoms with Crippen molar-refractivity contribution in [3.63, 3.8) is 0 Å². The summed E-state index contributed by atoms with van der Waals surface area (Å²) < 4.78 is 0. The van der Waals surface area contributed by atoms with E-state index in [4.69, 9.17) is 23.8 Å². The van der Waals surface area contributed by atoms with Gasteiger partial charge in [0.2, 0.25) is 11.9 Å². The lowest BCUT2D eigenvalue weighted by atomic mass is 10.1. The molecule has 166 valence electrons. The number of anilines is 2. The monoisotopic (exact) mass is 468 g/mol. The van der Waals surface area contributed by atoms with E-state index in [0.717, 1.165) is 22.5 Å². The molecule has 0 saturated heterocycles. The average Bonchev–Trinajstić information content (AvgIpc) is 2.72. The van der Waals surface area contributed by atoms with Crippen LogP contribution in [-0.4, -0.2) is 32.7 Å². The van der Waals surface area contributed by atoms with E-state index in [0.29, 0.717) is 40.7 Å². The van der Waals surface area contributed by atoms with E-state index >= 15 is 0 Å². The van der Waals surface area contributed by atoms with Crippen molar-refractivity contribution >= 4 is 46.5 Å². The molecule has 1 heterocycles. The molecule has 4 N–H and O–H groups in total. The maximum absolute atomic E-state index is 9.44. The fourth-order valence-electron chi connectivity index (χ4n) is 2.96. The molecule has 1 aromatic heterocycles. The van der Waals surface area contributed by atoms with Crippen molar-refractivity contribution in [3.05, 3.63) is 76.1 Å². The van der Waals surface area contributed by atoms with Crippen LogP contribution in [0.5, 0.6) is 5.75 Å². The minimum Gasteiger partial charge on any atom is -0.508 e. The Hall–Kier alpha value is -3.23. The highest BCUT2D eigenvalue weighted by molar-refractivity contribution is 7.80. The summed E-state index contributed by atoms with van der Waals surface area (Å²) in [5.74, 6) is 1.07. The molecule has 9 heteroatoms. The number of rotatable bonds is 5. The first-order valence-electron chi connectivity index (χ1n) is 10.0. The molecule has 0 fully saturated rings. The number of aromatic nitrogens is 2. The summed E-state index contributed by atoms with van der Waals surface area (Å²) in [6.45, 7) is 6.22. The van der Waals surface area contributed by atoms with E-state index < -0.39 is 0 Å². The molecule has 0 amide bonds. The normalized spacial score (nSPS) is 11.2. The zero-order valence-corrected chi connectivity index (χ0v) is 19.7. The number of aromatic hydroxyl groups is 1. The number of thiocarbonyl (C=S) groups is 1. The van der Waals surface area contributed by atoms with Crippen LogP contribution in [0, 0.1) is 20.8 Å². The molecule has 0 aliphatic heterocycles. The van der Waals surface area contributed by atoms with Gasteiger partial charge in [-0.15, -0.1) is 0 Å². The SMILES string of the molecule is Cc1cc(C)nc(NC(=NCCc2ccc(O)cc2)NC(=S)Nc2cccc(C)c2Cl)n1. The minimum atomic E-state index is 0.236. The van der Waals surface area contributed by atoms with Crippen molar-refractivity contribution in [1.29, 1.82) is 0 Å². The van der Waals surface area contributed by atoms with Crippen LogP contribution >= 0.6 is 23.8 Å². The van der Waals surface area contributed by atoms with Gasteiger partial charge in [-0.1, -0.05) is 35.9 Å². The summed E-state index contributed by atoms with van der Waals surface area (Å²) in [4.78, 5) is 13.4. The highest BCUT2D eigenvalue weighted by Crippen LogP contribution is 2.24. The van der Waals surface area contributed by atoms with Gasteiger partial charge in [0.1, 0.15) is 5.75 Å². The Balaban J connectivity index is 1.74. The van der Waals surface area contributed by atoms with Gasteiger partial charge in [0, 0.05) is 17.9 Å². The fraction of sp³-hybridized carbons (Fsp3) is 0.217. The maximum Gasteiger partial charge on any atom is 0.229 e. The molecule has 0 aliphatic carbocycles. The van der Waals surface area contributed by atoms with E-state index in [1.165, 1.54) is 0 Å². The zero-order valence-electron chi connectivity index (χ0n) is 18.1. The molecular weight excluding hydrogens is 444 g/mol. The molecule has 0 radical (unpaired) electrons. The molecule has 0 spiro atoms. The van der Waals surface area contributed by atoms with E-state index in [9.17, 15) is 5.11 Å². The number of aliphatic imine (C=N–C) groups is 1. The molecule has 3 rings (SSSR count). The summed E-state index contributed by atoms with van der Waals surface area (Å²) >= 11 is 11.8. The van der Waals surface area contributed by atoms with Gasteiger partial charge in [0.15, 0.2) is 5.11 Å². The van der Waals surface area contributed by atoms with Crippen molar-refractivity contribution in [2.75, 3.05) is 17.2 Å². The lowest BCUT2D eigenvalue weighted by Crippen LogP contribution is -2.39. The molecule has 0 atom stereocenters. The van der Waals surface area contributed by atoms with Crippen molar-refractivity contribution in [1.82, 2.24) is 15.3 Å². The van der Waals surface area contributed by atoms with Gasteiger partial charge >= 0.3 is 0 Å². The number of benzene rings is 2. The zero-order chi connectivity index (χ0) is 23.1. The number of aryl methyl sites for hydroxylation is 3. The summed E-state index contributed by atoms with van der Waals surface area (Å²) in [6, 6.07) is 14.6. The molecule has 0 aliphatic rings. The van der Waals surface area contributed by atoms with Crippen molar-refractivity contribution in [3.8, 4) is 5.75 Å². The van der Waals surface area contributed by atoms with Crippen molar-refractivity contribution in [2.45, 2.75) is 27.2 Å². The summed E-state index contributed by atoms with van der Waals surface area (Å²) in [6.07, 6.45) is 0.685. The van der Waals surface area contributed by atoms with E-state index in [2.05, 4.69) is 30.9 Å². The Labute approximate surface area is 198 Å².